The third kappa shape index (κ3) is 4.95. The number of amides is 1. The molecule has 23 heavy (non-hydrogen) atoms. The van der Waals surface area contributed by atoms with Gasteiger partial charge in [-0.05, 0) is 56.5 Å². The van der Waals surface area contributed by atoms with Crippen LogP contribution in [0.1, 0.15) is 50.5 Å². The van der Waals surface area contributed by atoms with Crippen LogP contribution in [0.15, 0.2) is 24.3 Å². The molecule has 1 heterocycles. The van der Waals surface area contributed by atoms with Crippen LogP contribution in [0.25, 0.3) is 0 Å². The van der Waals surface area contributed by atoms with E-state index in [1.54, 1.807) is 0 Å². The molecule has 3 rings (SSSR count). The fraction of sp³-hybridized carbons (Fsp3) is 0.632. The van der Waals surface area contributed by atoms with Crippen LogP contribution in [0.2, 0.25) is 5.02 Å². The average molecular weight is 335 g/mol. The number of nitrogens with one attached hydrogen (secondary N) is 1. The molecule has 3 nitrogen and oxygen atoms in total. The van der Waals surface area contributed by atoms with Crippen LogP contribution in [0.4, 0.5) is 0 Å². The van der Waals surface area contributed by atoms with E-state index in [-0.39, 0.29) is 5.92 Å². The van der Waals surface area contributed by atoms with Crippen molar-refractivity contribution >= 4 is 17.5 Å². The molecule has 1 N–H and O–H groups in total. The van der Waals surface area contributed by atoms with Gasteiger partial charge >= 0.3 is 0 Å². The molecule has 0 unspecified atom stereocenters. The summed E-state index contributed by atoms with van der Waals surface area (Å²) in [6.07, 6.45) is 8.16. The van der Waals surface area contributed by atoms with Gasteiger partial charge in [0.25, 0.3) is 0 Å². The quantitative estimate of drug-likeness (QED) is 0.902. The number of halogens is 1. The molecule has 0 atom stereocenters. The summed E-state index contributed by atoms with van der Waals surface area (Å²) in [5.41, 5.74) is 1.29. The predicted octanol–water partition coefficient (Wildman–Crippen LogP) is 4.00. The van der Waals surface area contributed by atoms with E-state index in [1.165, 1.54) is 37.7 Å². The number of carbonyl (C=O) groups is 1. The summed E-state index contributed by atoms with van der Waals surface area (Å²) in [7, 11) is 0. The van der Waals surface area contributed by atoms with E-state index in [0.717, 1.165) is 37.5 Å². The minimum Gasteiger partial charge on any atom is -0.353 e. The second-order valence-corrected chi connectivity index (χ2v) is 7.46. The van der Waals surface area contributed by atoms with Crippen molar-refractivity contribution in [3.05, 3.63) is 34.9 Å². The van der Waals surface area contributed by atoms with Crippen LogP contribution in [0.5, 0.6) is 0 Å². The minimum absolute atomic E-state index is 0.207. The van der Waals surface area contributed by atoms with Gasteiger partial charge in [-0.15, -0.1) is 0 Å². The molecule has 126 valence electrons. The summed E-state index contributed by atoms with van der Waals surface area (Å²) in [4.78, 5) is 14.9. The van der Waals surface area contributed by atoms with Crippen LogP contribution in [-0.4, -0.2) is 29.9 Å². The first kappa shape index (κ1) is 16.8. The summed E-state index contributed by atoms with van der Waals surface area (Å²) in [5, 5.41) is 4.07. The standard InChI is InChI=1S/C19H27ClN2O/c20-17-8-6-15(7-9-17)14-22-12-10-16(11-13-22)19(23)21-18-4-2-1-3-5-18/h6-9,16,18H,1-5,10-14H2,(H,21,23). The highest BCUT2D eigenvalue weighted by atomic mass is 35.5. The van der Waals surface area contributed by atoms with E-state index >= 15 is 0 Å². The number of rotatable bonds is 4. The Morgan fingerprint density at radius 3 is 2.35 bits per heavy atom. The monoisotopic (exact) mass is 334 g/mol. The van der Waals surface area contributed by atoms with Gasteiger partial charge in [0.15, 0.2) is 0 Å². The van der Waals surface area contributed by atoms with Gasteiger partial charge in [0.2, 0.25) is 5.91 Å². The molecule has 0 radical (unpaired) electrons. The fourth-order valence-corrected chi connectivity index (χ4v) is 3.89. The number of benzene rings is 1. The van der Waals surface area contributed by atoms with Gasteiger partial charge in [-0.3, -0.25) is 9.69 Å². The van der Waals surface area contributed by atoms with Crippen molar-refractivity contribution in [2.45, 2.75) is 57.5 Å². The molecular formula is C19H27ClN2O. The predicted molar refractivity (Wildman–Crippen MR) is 94.5 cm³/mol. The van der Waals surface area contributed by atoms with Gasteiger partial charge in [-0.25, -0.2) is 0 Å². The van der Waals surface area contributed by atoms with Gasteiger partial charge in [0.05, 0.1) is 0 Å². The lowest BCUT2D eigenvalue weighted by Gasteiger charge is -2.32. The number of piperidine rings is 1. The van der Waals surface area contributed by atoms with Crippen LogP contribution in [0, 0.1) is 5.92 Å². The summed E-state index contributed by atoms with van der Waals surface area (Å²) in [6, 6.07) is 8.50. The molecule has 1 saturated carbocycles. The molecule has 1 aromatic rings. The average Bonchev–Trinajstić information content (AvgIpc) is 2.58. The maximum atomic E-state index is 12.4. The molecule has 4 heteroatoms. The lowest BCUT2D eigenvalue weighted by atomic mass is 9.92. The molecule has 0 bridgehead atoms. The summed E-state index contributed by atoms with van der Waals surface area (Å²) in [6.45, 7) is 2.96. The second kappa shape index (κ2) is 8.16. The van der Waals surface area contributed by atoms with Crippen molar-refractivity contribution < 1.29 is 4.79 Å². The van der Waals surface area contributed by atoms with Crippen molar-refractivity contribution in [3.8, 4) is 0 Å². The summed E-state index contributed by atoms with van der Waals surface area (Å²) < 4.78 is 0. The maximum absolute atomic E-state index is 12.4. The first-order valence-electron chi connectivity index (χ1n) is 8.98. The van der Waals surface area contributed by atoms with E-state index in [9.17, 15) is 4.79 Å². The Morgan fingerprint density at radius 2 is 1.70 bits per heavy atom. The van der Waals surface area contributed by atoms with Gasteiger partial charge in [0, 0.05) is 23.5 Å². The Morgan fingerprint density at radius 1 is 1.04 bits per heavy atom. The SMILES string of the molecule is O=C(NC1CCCCC1)C1CCN(Cc2ccc(Cl)cc2)CC1. The van der Waals surface area contributed by atoms with Crippen molar-refractivity contribution in [3.63, 3.8) is 0 Å². The third-order valence-corrected chi connectivity index (χ3v) is 5.48. The number of carbonyl (C=O) groups excluding carboxylic acids is 1. The van der Waals surface area contributed by atoms with E-state index in [2.05, 4.69) is 22.3 Å². The smallest absolute Gasteiger partial charge is 0.223 e. The van der Waals surface area contributed by atoms with Crippen molar-refractivity contribution in [1.82, 2.24) is 10.2 Å². The lowest BCUT2D eigenvalue weighted by molar-refractivity contribution is -0.127. The zero-order valence-electron chi connectivity index (χ0n) is 13.8. The molecule has 0 aromatic heterocycles. The zero-order chi connectivity index (χ0) is 16.1. The first-order valence-corrected chi connectivity index (χ1v) is 9.36. The van der Waals surface area contributed by atoms with Gasteiger partial charge < -0.3 is 5.32 Å². The Balaban J connectivity index is 1.42. The second-order valence-electron chi connectivity index (χ2n) is 7.02. The molecule has 1 amide bonds. The molecule has 1 aromatic carbocycles. The maximum Gasteiger partial charge on any atom is 0.223 e. The molecule has 1 aliphatic carbocycles. The van der Waals surface area contributed by atoms with Crippen molar-refractivity contribution in [2.24, 2.45) is 5.92 Å². The largest absolute Gasteiger partial charge is 0.353 e. The Kier molecular flexibility index (Phi) is 5.96. The highest BCUT2D eigenvalue weighted by molar-refractivity contribution is 6.30. The topological polar surface area (TPSA) is 32.3 Å². The third-order valence-electron chi connectivity index (χ3n) is 5.23. The van der Waals surface area contributed by atoms with Gasteiger partial charge in [0.1, 0.15) is 0 Å². The van der Waals surface area contributed by atoms with E-state index in [4.69, 9.17) is 11.6 Å². The van der Waals surface area contributed by atoms with Gasteiger partial charge in [-0.2, -0.15) is 0 Å². The number of hydrogen-bond acceptors (Lipinski definition) is 2. The highest BCUT2D eigenvalue weighted by Gasteiger charge is 2.26. The van der Waals surface area contributed by atoms with Gasteiger partial charge in [-0.1, -0.05) is 43.0 Å². The molecule has 1 saturated heterocycles. The first-order chi connectivity index (χ1) is 11.2. The van der Waals surface area contributed by atoms with Crippen LogP contribution in [-0.2, 0) is 11.3 Å². The lowest BCUT2D eigenvalue weighted by Crippen LogP contribution is -2.44. The zero-order valence-corrected chi connectivity index (χ0v) is 14.5. The molecular weight excluding hydrogens is 308 g/mol. The van der Waals surface area contributed by atoms with E-state index in [0.29, 0.717) is 11.9 Å². The molecule has 1 aliphatic heterocycles. The summed E-state index contributed by atoms with van der Waals surface area (Å²) in [5.74, 6) is 0.501. The normalized spacial score (nSPS) is 21.3. The Bertz CT molecular complexity index is 503. The number of nitrogens with zero attached hydrogens (tertiary/aromatic N) is 1. The minimum atomic E-state index is 0.207. The summed E-state index contributed by atoms with van der Waals surface area (Å²) >= 11 is 5.93. The molecule has 2 aliphatic rings. The Labute approximate surface area is 144 Å². The van der Waals surface area contributed by atoms with Crippen LogP contribution >= 0.6 is 11.6 Å². The van der Waals surface area contributed by atoms with E-state index in [1.807, 2.05) is 12.1 Å². The number of likely N-dealkylation sites (tertiary alicyclic amines) is 1. The molecule has 0 spiro atoms. The Hall–Kier alpha value is -1.06. The fourth-order valence-electron chi connectivity index (χ4n) is 3.77. The highest BCUT2D eigenvalue weighted by Crippen LogP contribution is 2.22. The van der Waals surface area contributed by atoms with Crippen molar-refractivity contribution in [2.75, 3.05) is 13.1 Å². The van der Waals surface area contributed by atoms with E-state index < -0.39 is 0 Å². The molecule has 2 fully saturated rings. The van der Waals surface area contributed by atoms with Crippen LogP contribution in [0.3, 0.4) is 0 Å². The number of hydrogen-bond donors (Lipinski definition) is 1. The van der Waals surface area contributed by atoms with Crippen LogP contribution < -0.4 is 5.32 Å². The van der Waals surface area contributed by atoms with Crippen molar-refractivity contribution in [1.29, 1.82) is 0 Å².